The minimum Gasteiger partial charge on any atom is -0.452 e. The molecule has 0 aliphatic rings. The van der Waals surface area contributed by atoms with Crippen molar-refractivity contribution in [1.82, 2.24) is 9.97 Å². The highest BCUT2D eigenvalue weighted by atomic mass is 32.2. The highest BCUT2D eigenvalue weighted by Crippen LogP contribution is 2.27. The van der Waals surface area contributed by atoms with Gasteiger partial charge in [0.25, 0.3) is 5.91 Å². The molecule has 0 atom stereocenters. The molecular weight excluding hydrogens is 310 g/mol. The lowest BCUT2D eigenvalue weighted by Gasteiger charge is -2.10. The number of hydrogen-bond donors (Lipinski definition) is 1. The van der Waals surface area contributed by atoms with Gasteiger partial charge in [-0.1, -0.05) is 6.07 Å². The Morgan fingerprint density at radius 2 is 2.19 bits per heavy atom. The van der Waals surface area contributed by atoms with E-state index < -0.39 is 18.5 Å². The van der Waals surface area contributed by atoms with Gasteiger partial charge in [-0.25, -0.2) is 14.8 Å². The highest BCUT2D eigenvalue weighted by Gasteiger charge is 2.21. The quantitative estimate of drug-likeness (QED) is 0.513. The molecule has 2 heterocycles. The molecule has 2 aromatic heterocycles. The summed E-state index contributed by atoms with van der Waals surface area (Å²) in [6, 6.07) is 3.82. The van der Waals surface area contributed by atoms with Crippen LogP contribution in [0.3, 0.4) is 0 Å². The zero-order valence-corrected chi connectivity index (χ0v) is 13.1. The number of esters is 1. The minimum absolute atomic E-state index is 0.268. The number of nitrogens with zero attached hydrogens (tertiary/aromatic N) is 2. The first-order chi connectivity index (χ1) is 10.0. The van der Waals surface area contributed by atoms with Crippen LogP contribution < -0.4 is 5.73 Å². The van der Waals surface area contributed by atoms with Crippen LogP contribution in [0.2, 0.25) is 0 Å². The lowest BCUT2D eigenvalue weighted by molar-refractivity contribution is -0.121. The monoisotopic (exact) mass is 323 g/mol. The maximum atomic E-state index is 12.0. The number of carbonyl (C=O) groups excluding carboxylic acids is 2. The van der Waals surface area contributed by atoms with Gasteiger partial charge in [0, 0.05) is 0 Å². The van der Waals surface area contributed by atoms with Crippen LogP contribution >= 0.6 is 23.1 Å². The smallest absolute Gasteiger partial charge is 0.343 e. The van der Waals surface area contributed by atoms with Gasteiger partial charge in [-0.3, -0.25) is 4.79 Å². The lowest BCUT2D eigenvalue weighted by atomic mass is 10.2. The molecule has 110 valence electrons. The molecule has 2 N–H and O–H groups in total. The van der Waals surface area contributed by atoms with Gasteiger partial charge in [-0.15, -0.1) is 23.1 Å². The summed E-state index contributed by atoms with van der Waals surface area (Å²) in [6.45, 7) is 1.25. The Bertz CT molecular complexity index is 672. The van der Waals surface area contributed by atoms with Crippen molar-refractivity contribution < 1.29 is 14.3 Å². The first kappa shape index (κ1) is 15.5. The number of rotatable bonds is 5. The molecule has 6 nitrogen and oxygen atoms in total. The maximum Gasteiger partial charge on any atom is 0.343 e. The van der Waals surface area contributed by atoms with Crippen molar-refractivity contribution in [3.63, 3.8) is 0 Å². The van der Waals surface area contributed by atoms with Gasteiger partial charge >= 0.3 is 5.97 Å². The molecule has 21 heavy (non-hydrogen) atoms. The van der Waals surface area contributed by atoms with E-state index in [1.54, 1.807) is 6.92 Å². The van der Waals surface area contributed by atoms with Crippen LogP contribution in [0.1, 0.15) is 16.1 Å². The molecule has 8 heteroatoms. The van der Waals surface area contributed by atoms with Gasteiger partial charge in [-0.05, 0) is 24.6 Å². The number of thiophene rings is 1. The molecule has 0 spiro atoms. The van der Waals surface area contributed by atoms with Gasteiger partial charge in [0.1, 0.15) is 10.6 Å². The van der Waals surface area contributed by atoms with E-state index in [0.717, 1.165) is 4.88 Å². The Morgan fingerprint density at radius 1 is 1.43 bits per heavy atom. The first-order valence-corrected chi connectivity index (χ1v) is 8.05. The van der Waals surface area contributed by atoms with Crippen molar-refractivity contribution in [2.24, 2.45) is 5.73 Å². The Balaban J connectivity index is 2.38. The minimum atomic E-state index is -0.706. The van der Waals surface area contributed by atoms with Gasteiger partial charge in [0.2, 0.25) is 0 Å². The summed E-state index contributed by atoms with van der Waals surface area (Å²) < 4.78 is 4.84. The molecule has 0 aromatic carbocycles. The normalized spacial score (nSPS) is 10.4. The summed E-state index contributed by atoms with van der Waals surface area (Å²) in [4.78, 5) is 32.4. The van der Waals surface area contributed by atoms with Crippen LogP contribution in [0.4, 0.5) is 0 Å². The van der Waals surface area contributed by atoms with Crippen molar-refractivity contribution in [3.05, 3.63) is 28.8 Å². The number of aryl methyl sites for hydroxylation is 1. The van der Waals surface area contributed by atoms with Crippen LogP contribution in [-0.4, -0.2) is 34.7 Å². The van der Waals surface area contributed by atoms with Crippen LogP contribution in [0.15, 0.2) is 22.5 Å². The van der Waals surface area contributed by atoms with Crippen molar-refractivity contribution in [2.75, 3.05) is 12.9 Å². The van der Waals surface area contributed by atoms with Crippen molar-refractivity contribution in [2.45, 2.75) is 11.9 Å². The number of nitrogens with two attached hydrogens (primary N) is 1. The highest BCUT2D eigenvalue weighted by molar-refractivity contribution is 7.98. The second-order valence-corrected chi connectivity index (χ2v) is 5.78. The molecule has 0 fully saturated rings. The van der Waals surface area contributed by atoms with Crippen LogP contribution in [0, 0.1) is 6.92 Å². The Labute approximate surface area is 129 Å². The fourth-order valence-electron chi connectivity index (χ4n) is 1.65. The fraction of sp³-hybridized carbons (Fsp3) is 0.231. The molecule has 2 aromatic rings. The standard InChI is InChI=1S/C13H13N3O3S2/c1-7-10(13(18)19-6-9(14)17)12(20-2)16-11(15-7)8-4-3-5-21-8/h3-5H,6H2,1-2H3,(H2,14,17). The molecule has 0 aliphatic heterocycles. The van der Waals surface area contributed by atoms with Crippen LogP contribution in [0.25, 0.3) is 10.7 Å². The van der Waals surface area contributed by atoms with Crippen LogP contribution in [0.5, 0.6) is 0 Å². The molecule has 0 bridgehead atoms. The summed E-state index contributed by atoms with van der Waals surface area (Å²) in [6.07, 6.45) is 1.81. The van der Waals surface area contributed by atoms with E-state index in [0.29, 0.717) is 16.5 Å². The van der Waals surface area contributed by atoms with E-state index in [4.69, 9.17) is 10.5 Å². The first-order valence-electron chi connectivity index (χ1n) is 5.95. The Hall–Kier alpha value is -1.93. The predicted octanol–water partition coefficient (Wildman–Crippen LogP) is 1.88. The number of carbonyl (C=O) groups is 2. The average molecular weight is 323 g/mol. The number of primary amides is 1. The average Bonchev–Trinajstić information content (AvgIpc) is 2.97. The zero-order valence-electron chi connectivity index (χ0n) is 11.5. The van der Waals surface area contributed by atoms with E-state index in [1.807, 2.05) is 23.8 Å². The second kappa shape index (κ2) is 6.68. The molecule has 2 rings (SSSR count). The predicted molar refractivity (Wildman–Crippen MR) is 81.3 cm³/mol. The molecule has 0 aliphatic carbocycles. The van der Waals surface area contributed by atoms with E-state index in [1.165, 1.54) is 23.1 Å². The second-order valence-electron chi connectivity index (χ2n) is 4.04. The maximum absolute atomic E-state index is 12.0. The number of amides is 1. The topological polar surface area (TPSA) is 95.2 Å². The van der Waals surface area contributed by atoms with Gasteiger partial charge in [0.15, 0.2) is 12.4 Å². The molecule has 0 radical (unpaired) electrons. The summed E-state index contributed by atoms with van der Waals surface area (Å²) in [7, 11) is 0. The largest absolute Gasteiger partial charge is 0.452 e. The fourth-order valence-corrected chi connectivity index (χ4v) is 2.92. The summed E-state index contributed by atoms with van der Waals surface area (Å²) in [5, 5.41) is 2.45. The van der Waals surface area contributed by atoms with Gasteiger partial charge in [-0.2, -0.15) is 0 Å². The SMILES string of the molecule is CSc1nc(-c2cccs2)nc(C)c1C(=O)OCC(N)=O. The number of hydrogen-bond acceptors (Lipinski definition) is 7. The molecular formula is C13H13N3O3S2. The summed E-state index contributed by atoms with van der Waals surface area (Å²) in [5.74, 6) is -0.783. The summed E-state index contributed by atoms with van der Waals surface area (Å²) >= 11 is 2.84. The van der Waals surface area contributed by atoms with Gasteiger partial charge in [0.05, 0.1) is 10.6 Å². The van der Waals surface area contributed by atoms with E-state index in [-0.39, 0.29) is 5.56 Å². The lowest BCUT2D eigenvalue weighted by Crippen LogP contribution is -2.22. The van der Waals surface area contributed by atoms with Crippen LogP contribution in [-0.2, 0) is 9.53 Å². The van der Waals surface area contributed by atoms with Crippen molar-refractivity contribution >= 4 is 35.0 Å². The molecule has 0 saturated carbocycles. The number of thioether (sulfide) groups is 1. The van der Waals surface area contributed by atoms with E-state index in [2.05, 4.69) is 9.97 Å². The van der Waals surface area contributed by atoms with Crippen molar-refractivity contribution in [1.29, 1.82) is 0 Å². The van der Waals surface area contributed by atoms with E-state index in [9.17, 15) is 9.59 Å². The van der Waals surface area contributed by atoms with Gasteiger partial charge < -0.3 is 10.5 Å². The Kier molecular flexibility index (Phi) is 4.92. The third kappa shape index (κ3) is 3.59. The van der Waals surface area contributed by atoms with Crippen molar-refractivity contribution in [3.8, 4) is 10.7 Å². The molecule has 0 unspecified atom stereocenters. The molecule has 1 amide bonds. The molecule has 0 saturated heterocycles. The third-order valence-electron chi connectivity index (χ3n) is 2.54. The number of ether oxygens (including phenoxy) is 1. The zero-order chi connectivity index (χ0) is 15.4. The Morgan fingerprint density at radius 3 is 2.76 bits per heavy atom. The third-order valence-corrected chi connectivity index (χ3v) is 4.09. The summed E-state index contributed by atoms with van der Waals surface area (Å²) in [5.41, 5.74) is 5.74. The number of aromatic nitrogens is 2. The van der Waals surface area contributed by atoms with E-state index >= 15 is 0 Å².